The first-order valence-corrected chi connectivity index (χ1v) is 3.80. The van der Waals surface area contributed by atoms with Crippen molar-refractivity contribution in [3.8, 4) is 0 Å². The van der Waals surface area contributed by atoms with E-state index in [4.69, 9.17) is 5.73 Å². The number of hydrogen-bond acceptors (Lipinski definition) is 3. The van der Waals surface area contributed by atoms with Gasteiger partial charge in [-0.3, -0.25) is 0 Å². The van der Waals surface area contributed by atoms with Gasteiger partial charge in [0.2, 0.25) is 0 Å². The lowest BCUT2D eigenvalue weighted by Gasteiger charge is -2.03. The van der Waals surface area contributed by atoms with Gasteiger partial charge in [0.15, 0.2) is 0 Å². The van der Waals surface area contributed by atoms with Gasteiger partial charge >= 0.3 is 0 Å². The second-order valence-corrected chi connectivity index (χ2v) is 2.74. The van der Waals surface area contributed by atoms with Crippen LogP contribution in [-0.2, 0) is 7.05 Å². The Bertz CT molecular complexity index is 218. The molecule has 62 valence electrons. The van der Waals surface area contributed by atoms with Crippen LogP contribution in [0.2, 0.25) is 0 Å². The summed E-state index contributed by atoms with van der Waals surface area (Å²) in [5.41, 5.74) is 6.44. The van der Waals surface area contributed by atoms with Crippen molar-refractivity contribution < 1.29 is 0 Å². The summed E-state index contributed by atoms with van der Waals surface area (Å²) < 4.78 is 0. The Labute approximate surface area is 66.4 Å². The van der Waals surface area contributed by atoms with Crippen molar-refractivity contribution in [3.05, 3.63) is 11.9 Å². The highest BCUT2D eigenvalue weighted by molar-refractivity contribution is 4.99. The predicted molar refractivity (Wildman–Crippen MR) is 43.1 cm³/mol. The molecule has 0 bridgehead atoms. The fourth-order valence-corrected chi connectivity index (χ4v) is 0.985. The molecule has 0 aliphatic heterocycles. The third-order valence-electron chi connectivity index (χ3n) is 1.72. The predicted octanol–water partition coefficient (Wildman–Crippen LogP) is 0.267. The molecule has 4 heteroatoms. The number of hydrogen-bond donors (Lipinski definition) is 1. The summed E-state index contributed by atoms with van der Waals surface area (Å²) in [5, 5.41) is 8.16. The SMILES string of the molecule is CC(CCN)c1cnn(C)n1. The Morgan fingerprint density at radius 3 is 2.91 bits per heavy atom. The Morgan fingerprint density at radius 1 is 1.73 bits per heavy atom. The highest BCUT2D eigenvalue weighted by atomic mass is 15.4. The maximum Gasteiger partial charge on any atom is 0.0855 e. The van der Waals surface area contributed by atoms with E-state index in [0.717, 1.165) is 12.1 Å². The molecule has 4 nitrogen and oxygen atoms in total. The van der Waals surface area contributed by atoms with Gasteiger partial charge in [-0.2, -0.15) is 15.0 Å². The van der Waals surface area contributed by atoms with Crippen molar-refractivity contribution in [2.24, 2.45) is 12.8 Å². The van der Waals surface area contributed by atoms with Crippen LogP contribution in [0.3, 0.4) is 0 Å². The average Bonchev–Trinajstić information content (AvgIpc) is 2.36. The van der Waals surface area contributed by atoms with E-state index in [1.165, 1.54) is 0 Å². The average molecular weight is 154 g/mol. The zero-order chi connectivity index (χ0) is 8.27. The standard InChI is InChI=1S/C7H14N4/c1-6(3-4-8)7-5-9-11(2)10-7/h5-6H,3-4,8H2,1-2H3. The van der Waals surface area contributed by atoms with Crippen LogP contribution in [0.1, 0.15) is 25.0 Å². The summed E-state index contributed by atoms with van der Waals surface area (Å²) in [7, 11) is 1.82. The van der Waals surface area contributed by atoms with Crippen LogP contribution in [0.5, 0.6) is 0 Å². The topological polar surface area (TPSA) is 56.7 Å². The number of aromatic nitrogens is 3. The van der Waals surface area contributed by atoms with Crippen molar-refractivity contribution in [2.45, 2.75) is 19.3 Å². The fraction of sp³-hybridized carbons (Fsp3) is 0.714. The zero-order valence-corrected chi connectivity index (χ0v) is 6.99. The van der Waals surface area contributed by atoms with E-state index >= 15 is 0 Å². The lowest BCUT2D eigenvalue weighted by molar-refractivity contribution is 0.613. The summed E-state index contributed by atoms with van der Waals surface area (Å²) in [6.07, 6.45) is 2.76. The van der Waals surface area contributed by atoms with Gasteiger partial charge in [-0.05, 0) is 13.0 Å². The van der Waals surface area contributed by atoms with Gasteiger partial charge in [0, 0.05) is 13.0 Å². The molecule has 0 spiro atoms. The largest absolute Gasteiger partial charge is 0.330 e. The van der Waals surface area contributed by atoms with E-state index in [1.807, 2.05) is 7.05 Å². The highest BCUT2D eigenvalue weighted by Crippen LogP contribution is 2.13. The molecule has 1 aromatic heterocycles. The molecule has 1 unspecified atom stereocenters. The molecular formula is C7H14N4. The van der Waals surface area contributed by atoms with Crippen LogP contribution in [0.15, 0.2) is 6.20 Å². The van der Waals surface area contributed by atoms with E-state index in [2.05, 4.69) is 17.1 Å². The van der Waals surface area contributed by atoms with Gasteiger partial charge < -0.3 is 5.73 Å². The van der Waals surface area contributed by atoms with Gasteiger partial charge in [0.05, 0.1) is 11.9 Å². The Hall–Kier alpha value is -0.900. The summed E-state index contributed by atoms with van der Waals surface area (Å²) in [4.78, 5) is 1.57. The number of rotatable bonds is 3. The number of aryl methyl sites for hydroxylation is 1. The Morgan fingerprint density at radius 2 is 2.45 bits per heavy atom. The molecule has 0 saturated heterocycles. The molecule has 1 aromatic rings. The van der Waals surface area contributed by atoms with Crippen molar-refractivity contribution >= 4 is 0 Å². The van der Waals surface area contributed by atoms with Gasteiger partial charge in [-0.25, -0.2) is 0 Å². The van der Waals surface area contributed by atoms with E-state index < -0.39 is 0 Å². The maximum absolute atomic E-state index is 5.42. The molecule has 1 atom stereocenters. The lowest BCUT2D eigenvalue weighted by atomic mass is 10.1. The molecule has 0 aliphatic carbocycles. The van der Waals surface area contributed by atoms with Crippen LogP contribution in [-0.4, -0.2) is 21.5 Å². The third-order valence-corrected chi connectivity index (χ3v) is 1.72. The second kappa shape index (κ2) is 3.48. The Kier molecular flexibility index (Phi) is 2.59. The number of nitrogens with two attached hydrogens (primary N) is 1. The van der Waals surface area contributed by atoms with Gasteiger partial charge in [0.1, 0.15) is 0 Å². The Balaban J connectivity index is 2.60. The van der Waals surface area contributed by atoms with E-state index in [0.29, 0.717) is 12.5 Å². The molecule has 0 fully saturated rings. The van der Waals surface area contributed by atoms with Crippen LogP contribution < -0.4 is 5.73 Å². The fourth-order valence-electron chi connectivity index (χ4n) is 0.985. The van der Waals surface area contributed by atoms with Crippen molar-refractivity contribution in [1.82, 2.24) is 15.0 Å². The van der Waals surface area contributed by atoms with E-state index in [-0.39, 0.29) is 0 Å². The molecule has 0 saturated carbocycles. The summed E-state index contributed by atoms with van der Waals surface area (Å²) in [6, 6.07) is 0. The minimum Gasteiger partial charge on any atom is -0.330 e. The quantitative estimate of drug-likeness (QED) is 0.679. The number of nitrogens with zero attached hydrogens (tertiary/aromatic N) is 3. The van der Waals surface area contributed by atoms with Crippen molar-refractivity contribution in [3.63, 3.8) is 0 Å². The minimum atomic E-state index is 0.425. The molecule has 2 N–H and O–H groups in total. The summed E-state index contributed by atoms with van der Waals surface area (Å²) >= 11 is 0. The van der Waals surface area contributed by atoms with E-state index in [9.17, 15) is 0 Å². The monoisotopic (exact) mass is 154 g/mol. The molecule has 1 rings (SSSR count). The highest BCUT2D eigenvalue weighted by Gasteiger charge is 2.07. The van der Waals surface area contributed by atoms with Crippen molar-refractivity contribution in [2.75, 3.05) is 6.54 Å². The molecule has 0 aromatic carbocycles. The smallest absolute Gasteiger partial charge is 0.0855 e. The summed E-state index contributed by atoms with van der Waals surface area (Å²) in [6.45, 7) is 2.81. The lowest BCUT2D eigenvalue weighted by Crippen LogP contribution is -2.05. The van der Waals surface area contributed by atoms with Crippen molar-refractivity contribution in [1.29, 1.82) is 0 Å². The van der Waals surface area contributed by atoms with Crippen LogP contribution in [0.25, 0.3) is 0 Å². The molecule has 0 radical (unpaired) electrons. The van der Waals surface area contributed by atoms with E-state index in [1.54, 1.807) is 11.0 Å². The normalized spacial score (nSPS) is 13.4. The minimum absolute atomic E-state index is 0.425. The summed E-state index contributed by atoms with van der Waals surface area (Å²) in [5.74, 6) is 0.425. The first kappa shape index (κ1) is 8.20. The van der Waals surface area contributed by atoms with Crippen LogP contribution in [0, 0.1) is 0 Å². The van der Waals surface area contributed by atoms with Gasteiger partial charge in [-0.15, -0.1) is 0 Å². The maximum atomic E-state index is 5.42. The van der Waals surface area contributed by atoms with Gasteiger partial charge in [-0.1, -0.05) is 6.92 Å². The third kappa shape index (κ3) is 2.01. The molecule has 1 heterocycles. The van der Waals surface area contributed by atoms with Crippen LogP contribution >= 0.6 is 0 Å². The first-order chi connectivity index (χ1) is 5.24. The second-order valence-electron chi connectivity index (χ2n) is 2.74. The zero-order valence-electron chi connectivity index (χ0n) is 6.99. The molecular weight excluding hydrogens is 140 g/mol. The molecule has 0 aliphatic rings. The molecule has 11 heavy (non-hydrogen) atoms. The van der Waals surface area contributed by atoms with Gasteiger partial charge in [0.25, 0.3) is 0 Å². The molecule has 0 amide bonds. The van der Waals surface area contributed by atoms with Crippen LogP contribution in [0.4, 0.5) is 0 Å². The first-order valence-electron chi connectivity index (χ1n) is 3.80.